The van der Waals surface area contributed by atoms with Gasteiger partial charge >= 0.3 is 6.09 Å². The van der Waals surface area contributed by atoms with Crippen molar-refractivity contribution in [2.75, 3.05) is 44.9 Å². The van der Waals surface area contributed by atoms with Crippen molar-refractivity contribution in [3.05, 3.63) is 95.0 Å². The Kier molecular flexibility index (Phi) is 10.9. The summed E-state index contributed by atoms with van der Waals surface area (Å²) in [6, 6.07) is 26.7. The van der Waals surface area contributed by atoms with Gasteiger partial charge in [-0.15, -0.1) is 0 Å². The van der Waals surface area contributed by atoms with Gasteiger partial charge in [-0.3, -0.25) is 0 Å². The summed E-state index contributed by atoms with van der Waals surface area (Å²) in [5.41, 5.74) is 2.94. The smallest absolute Gasteiger partial charge is 0.410 e. The molecule has 220 valence electrons. The largest absolute Gasteiger partial charge is 0.493 e. The van der Waals surface area contributed by atoms with Crippen LogP contribution < -0.4 is 9.64 Å². The second kappa shape index (κ2) is 14.6. The average Bonchev–Trinajstić information content (AvgIpc) is 3.34. The van der Waals surface area contributed by atoms with Crippen molar-refractivity contribution in [1.82, 2.24) is 4.90 Å². The Balaban J connectivity index is 1.59. The van der Waals surface area contributed by atoms with E-state index < -0.39 is 5.60 Å². The van der Waals surface area contributed by atoms with Crippen LogP contribution in [-0.4, -0.2) is 56.6 Å². The number of hydrogen-bond donors (Lipinski definition) is 0. The van der Waals surface area contributed by atoms with Crippen LogP contribution in [0.25, 0.3) is 0 Å². The molecule has 1 aliphatic rings. The zero-order chi connectivity index (χ0) is 29.2. The Bertz CT molecular complexity index is 1230. The molecular weight excluding hydrogens is 536 g/mol. The van der Waals surface area contributed by atoms with Crippen LogP contribution in [0.2, 0.25) is 5.02 Å². The maximum absolute atomic E-state index is 13.1. The van der Waals surface area contributed by atoms with E-state index in [1.807, 2.05) is 56.0 Å². The first kappa shape index (κ1) is 30.7. The fraction of sp³-hybridized carbons (Fsp3) is 0.441. The van der Waals surface area contributed by atoms with Crippen molar-refractivity contribution in [2.24, 2.45) is 11.8 Å². The molecule has 0 aromatic heterocycles. The molecule has 1 aliphatic heterocycles. The minimum Gasteiger partial charge on any atom is -0.493 e. The van der Waals surface area contributed by atoms with Gasteiger partial charge < -0.3 is 24.0 Å². The van der Waals surface area contributed by atoms with Gasteiger partial charge in [0.2, 0.25) is 0 Å². The summed E-state index contributed by atoms with van der Waals surface area (Å²) in [5, 5.41) is 0.703. The van der Waals surface area contributed by atoms with E-state index in [1.165, 1.54) is 5.56 Å². The van der Waals surface area contributed by atoms with Gasteiger partial charge in [-0.1, -0.05) is 60.1 Å². The summed E-state index contributed by atoms with van der Waals surface area (Å²) in [4.78, 5) is 17.4. The summed E-state index contributed by atoms with van der Waals surface area (Å²) >= 11 is 6.27. The number of benzene rings is 3. The third-order valence-electron chi connectivity index (χ3n) is 7.30. The van der Waals surface area contributed by atoms with Crippen molar-refractivity contribution in [2.45, 2.75) is 45.8 Å². The number of carbonyl (C=O) groups excluding carboxylic acids is 1. The molecule has 6 nitrogen and oxygen atoms in total. The minimum atomic E-state index is -0.535. The SMILES string of the molecule is COCCCOc1ccccc1CN(CC1CN(C(=O)OC(C)(C)C)CC1Cc1ccccc1)c1ccc(Cl)cc1. The van der Waals surface area contributed by atoms with Crippen LogP contribution in [0.5, 0.6) is 5.75 Å². The molecule has 0 spiro atoms. The summed E-state index contributed by atoms with van der Waals surface area (Å²) in [5.74, 6) is 1.42. The van der Waals surface area contributed by atoms with E-state index in [-0.39, 0.29) is 12.0 Å². The van der Waals surface area contributed by atoms with E-state index in [0.717, 1.165) is 36.4 Å². The molecule has 4 rings (SSSR count). The number of para-hydroxylation sites is 1. The molecule has 1 heterocycles. The Hall–Kier alpha value is -3.22. The first-order chi connectivity index (χ1) is 19.7. The number of likely N-dealkylation sites (tertiary alicyclic amines) is 1. The maximum Gasteiger partial charge on any atom is 0.410 e. The molecule has 0 radical (unpaired) electrons. The van der Waals surface area contributed by atoms with Crippen molar-refractivity contribution in [1.29, 1.82) is 0 Å². The predicted octanol–water partition coefficient (Wildman–Crippen LogP) is 7.49. The fourth-order valence-electron chi connectivity index (χ4n) is 5.33. The lowest BCUT2D eigenvalue weighted by atomic mass is 9.89. The molecule has 0 bridgehead atoms. The van der Waals surface area contributed by atoms with E-state index in [2.05, 4.69) is 53.4 Å². The summed E-state index contributed by atoms with van der Waals surface area (Å²) in [6.45, 7) is 9.76. The molecule has 1 amide bonds. The predicted molar refractivity (Wildman–Crippen MR) is 166 cm³/mol. The fourth-order valence-corrected chi connectivity index (χ4v) is 5.46. The maximum atomic E-state index is 13.1. The van der Waals surface area contributed by atoms with Crippen molar-refractivity contribution in [3.8, 4) is 5.75 Å². The Labute approximate surface area is 250 Å². The molecule has 1 saturated heterocycles. The molecule has 1 fully saturated rings. The first-order valence-electron chi connectivity index (χ1n) is 14.4. The number of amides is 1. The second-order valence-corrected chi connectivity index (χ2v) is 12.2. The number of anilines is 1. The summed E-state index contributed by atoms with van der Waals surface area (Å²) < 4.78 is 17.1. The zero-order valence-corrected chi connectivity index (χ0v) is 25.5. The standard InChI is InChI=1S/C34H43ClN2O4/c1-34(2,3)41-33(38)37-23-28(21-26-11-6-5-7-12-26)29(25-37)24-36(31-17-15-30(35)16-18-31)22-27-13-8-9-14-32(27)40-20-10-19-39-4/h5-9,11-18,28-29H,10,19-25H2,1-4H3. The number of halogens is 1. The molecule has 0 aliphatic carbocycles. The van der Waals surface area contributed by atoms with Gasteiger partial charge in [0, 0.05) is 62.6 Å². The van der Waals surface area contributed by atoms with Crippen LogP contribution in [0.15, 0.2) is 78.9 Å². The molecule has 2 atom stereocenters. The van der Waals surface area contributed by atoms with Gasteiger partial charge in [0.05, 0.1) is 6.61 Å². The summed E-state index contributed by atoms with van der Waals surface area (Å²) in [7, 11) is 1.70. The highest BCUT2D eigenvalue weighted by Gasteiger charge is 2.38. The minimum absolute atomic E-state index is 0.244. The van der Waals surface area contributed by atoms with E-state index in [4.69, 9.17) is 25.8 Å². The highest BCUT2D eigenvalue weighted by molar-refractivity contribution is 6.30. The van der Waals surface area contributed by atoms with Crippen LogP contribution in [0, 0.1) is 11.8 Å². The van der Waals surface area contributed by atoms with E-state index in [1.54, 1.807) is 7.11 Å². The zero-order valence-electron chi connectivity index (χ0n) is 24.7. The lowest BCUT2D eigenvalue weighted by Crippen LogP contribution is -2.36. The van der Waals surface area contributed by atoms with Gasteiger partial charge in [-0.25, -0.2) is 4.79 Å². The number of methoxy groups -OCH3 is 1. The lowest BCUT2D eigenvalue weighted by molar-refractivity contribution is 0.0284. The van der Waals surface area contributed by atoms with Crippen LogP contribution in [0.3, 0.4) is 0 Å². The van der Waals surface area contributed by atoms with Crippen molar-refractivity contribution < 1.29 is 19.0 Å². The van der Waals surface area contributed by atoms with Crippen LogP contribution in [0.4, 0.5) is 10.5 Å². The van der Waals surface area contributed by atoms with Gasteiger partial charge in [-0.05, 0) is 74.9 Å². The summed E-state index contributed by atoms with van der Waals surface area (Å²) in [6.07, 6.45) is 1.49. The van der Waals surface area contributed by atoms with Gasteiger partial charge in [0.25, 0.3) is 0 Å². The van der Waals surface area contributed by atoms with Crippen LogP contribution in [0.1, 0.15) is 38.3 Å². The van der Waals surface area contributed by atoms with E-state index in [9.17, 15) is 4.79 Å². The Morgan fingerprint density at radius 2 is 1.61 bits per heavy atom. The molecular formula is C34H43ClN2O4. The molecule has 0 N–H and O–H groups in total. The van der Waals surface area contributed by atoms with Gasteiger partial charge in [-0.2, -0.15) is 0 Å². The highest BCUT2D eigenvalue weighted by Crippen LogP contribution is 2.32. The quantitative estimate of drug-likeness (QED) is 0.208. The average molecular weight is 579 g/mol. The van der Waals surface area contributed by atoms with E-state index in [0.29, 0.717) is 43.8 Å². The number of nitrogens with zero attached hydrogens (tertiary/aromatic N) is 2. The second-order valence-electron chi connectivity index (χ2n) is 11.8. The highest BCUT2D eigenvalue weighted by atomic mass is 35.5. The Morgan fingerprint density at radius 1 is 0.927 bits per heavy atom. The molecule has 3 aromatic rings. The monoisotopic (exact) mass is 578 g/mol. The van der Waals surface area contributed by atoms with Crippen LogP contribution >= 0.6 is 11.6 Å². The molecule has 7 heteroatoms. The number of carbonyl (C=O) groups is 1. The number of hydrogen-bond acceptors (Lipinski definition) is 5. The first-order valence-corrected chi connectivity index (χ1v) is 14.8. The molecule has 2 unspecified atom stereocenters. The third-order valence-corrected chi connectivity index (χ3v) is 7.55. The molecule has 0 saturated carbocycles. The molecule has 41 heavy (non-hydrogen) atoms. The van der Waals surface area contributed by atoms with Crippen molar-refractivity contribution >= 4 is 23.4 Å². The third kappa shape index (κ3) is 9.40. The number of ether oxygens (including phenoxy) is 3. The van der Waals surface area contributed by atoms with E-state index >= 15 is 0 Å². The normalized spacial score (nSPS) is 17.0. The number of rotatable bonds is 12. The van der Waals surface area contributed by atoms with Gasteiger partial charge in [0.1, 0.15) is 11.4 Å². The molecule has 3 aromatic carbocycles. The topological polar surface area (TPSA) is 51.2 Å². The lowest BCUT2D eigenvalue weighted by Gasteiger charge is -2.31. The van der Waals surface area contributed by atoms with Crippen LogP contribution in [-0.2, 0) is 22.4 Å². The van der Waals surface area contributed by atoms with Crippen molar-refractivity contribution in [3.63, 3.8) is 0 Å². The van der Waals surface area contributed by atoms with Gasteiger partial charge in [0.15, 0.2) is 0 Å². The Morgan fingerprint density at radius 3 is 2.32 bits per heavy atom.